The molecule has 0 spiro atoms. The van der Waals surface area contributed by atoms with Crippen molar-refractivity contribution in [2.45, 2.75) is 45.6 Å². The van der Waals surface area contributed by atoms with Gasteiger partial charge >= 0.3 is 0 Å². The monoisotopic (exact) mass is 264 g/mol. The fourth-order valence-corrected chi connectivity index (χ4v) is 2.18. The largest absolute Gasteiger partial charge is 0.398 e. The predicted molar refractivity (Wildman–Crippen MR) is 74.4 cm³/mol. The Labute approximate surface area is 113 Å². The van der Waals surface area contributed by atoms with Gasteiger partial charge in [-0.25, -0.2) is 4.39 Å². The smallest absolute Gasteiger partial charge is 0.251 e. The molecule has 0 bridgehead atoms. The molecule has 4 heteroatoms. The molecule has 2 rings (SSSR count). The van der Waals surface area contributed by atoms with Crippen LogP contribution in [-0.4, -0.2) is 11.9 Å². The normalized spacial score (nSPS) is 16.2. The number of nitrogens with two attached hydrogens (primary N) is 1. The Kier molecular flexibility index (Phi) is 4.08. The lowest BCUT2D eigenvalue weighted by molar-refractivity contribution is 0.0932. The molecular weight excluding hydrogens is 243 g/mol. The molecular formula is C15H21FN2O. The molecule has 19 heavy (non-hydrogen) atoms. The maximum Gasteiger partial charge on any atom is 0.251 e. The Morgan fingerprint density at radius 3 is 2.74 bits per heavy atom. The van der Waals surface area contributed by atoms with Crippen molar-refractivity contribution < 1.29 is 9.18 Å². The van der Waals surface area contributed by atoms with Gasteiger partial charge in [-0.1, -0.05) is 19.8 Å². The average Bonchev–Trinajstić information content (AvgIpc) is 3.18. The number of nitrogen functional groups attached to an aromatic ring is 1. The molecule has 0 radical (unpaired) electrons. The topological polar surface area (TPSA) is 55.1 Å². The van der Waals surface area contributed by atoms with Gasteiger partial charge in [0.1, 0.15) is 5.82 Å². The summed E-state index contributed by atoms with van der Waals surface area (Å²) in [6.07, 6.45) is 4.44. The van der Waals surface area contributed by atoms with E-state index in [-0.39, 0.29) is 11.9 Å². The van der Waals surface area contributed by atoms with Crippen LogP contribution in [0.4, 0.5) is 10.1 Å². The number of anilines is 1. The molecule has 1 atom stereocenters. The molecule has 1 unspecified atom stereocenters. The minimum atomic E-state index is -0.430. The summed E-state index contributed by atoms with van der Waals surface area (Å²) in [4.78, 5) is 12.1. The molecule has 3 N–H and O–H groups in total. The Morgan fingerprint density at radius 2 is 2.21 bits per heavy atom. The third kappa shape index (κ3) is 3.46. The van der Waals surface area contributed by atoms with Crippen LogP contribution in [0.3, 0.4) is 0 Å². The Hall–Kier alpha value is -1.58. The van der Waals surface area contributed by atoms with E-state index in [0.29, 0.717) is 16.8 Å². The summed E-state index contributed by atoms with van der Waals surface area (Å²) in [6, 6.07) is 2.97. The standard InChI is InChI=1S/C15H21FN2O/c1-3-12(6-10-4-5-10)18-15(19)11-7-13(16)9(2)14(17)8-11/h7-8,10,12H,3-6,17H2,1-2H3,(H,18,19). The lowest BCUT2D eigenvalue weighted by atomic mass is 10.1. The number of rotatable bonds is 5. The minimum absolute atomic E-state index is 0.172. The maximum atomic E-state index is 13.6. The summed E-state index contributed by atoms with van der Waals surface area (Å²) in [7, 11) is 0. The molecule has 1 fully saturated rings. The third-order valence-corrected chi connectivity index (χ3v) is 3.79. The molecule has 0 heterocycles. The van der Waals surface area contributed by atoms with Crippen LogP contribution in [0.15, 0.2) is 12.1 Å². The Bertz CT molecular complexity index is 460. The zero-order chi connectivity index (χ0) is 14.0. The number of amides is 1. The molecule has 3 nitrogen and oxygen atoms in total. The highest BCUT2D eigenvalue weighted by atomic mass is 19.1. The van der Waals surface area contributed by atoms with Gasteiger partial charge < -0.3 is 11.1 Å². The van der Waals surface area contributed by atoms with Crippen LogP contribution in [0.1, 0.15) is 48.5 Å². The van der Waals surface area contributed by atoms with Crippen LogP contribution < -0.4 is 11.1 Å². The van der Waals surface area contributed by atoms with Crippen molar-refractivity contribution in [3.05, 3.63) is 29.1 Å². The highest BCUT2D eigenvalue weighted by molar-refractivity contribution is 5.95. The second-order valence-corrected chi connectivity index (χ2v) is 5.43. The van der Waals surface area contributed by atoms with Crippen molar-refractivity contribution in [1.82, 2.24) is 5.32 Å². The van der Waals surface area contributed by atoms with E-state index in [0.717, 1.165) is 18.8 Å². The zero-order valence-electron chi connectivity index (χ0n) is 11.5. The second kappa shape index (κ2) is 5.59. The predicted octanol–water partition coefficient (Wildman–Crippen LogP) is 3.02. The summed E-state index contributed by atoms with van der Waals surface area (Å²) in [5, 5.41) is 2.97. The van der Waals surface area contributed by atoms with Gasteiger partial charge in [-0.2, -0.15) is 0 Å². The van der Waals surface area contributed by atoms with Gasteiger partial charge in [-0.3, -0.25) is 4.79 Å². The van der Waals surface area contributed by atoms with Crippen molar-refractivity contribution in [3.8, 4) is 0 Å². The van der Waals surface area contributed by atoms with Gasteiger partial charge in [0.2, 0.25) is 0 Å². The molecule has 1 aliphatic rings. The van der Waals surface area contributed by atoms with Crippen molar-refractivity contribution in [2.24, 2.45) is 5.92 Å². The highest BCUT2D eigenvalue weighted by Gasteiger charge is 2.25. The second-order valence-electron chi connectivity index (χ2n) is 5.43. The van der Waals surface area contributed by atoms with E-state index < -0.39 is 5.82 Å². The number of carbonyl (C=O) groups is 1. The molecule has 104 valence electrons. The fourth-order valence-electron chi connectivity index (χ4n) is 2.18. The van der Waals surface area contributed by atoms with Crippen LogP contribution in [-0.2, 0) is 0 Å². The maximum absolute atomic E-state index is 13.6. The van der Waals surface area contributed by atoms with Crippen LogP contribution >= 0.6 is 0 Å². The van der Waals surface area contributed by atoms with E-state index in [9.17, 15) is 9.18 Å². The number of nitrogens with one attached hydrogen (secondary N) is 1. The van der Waals surface area contributed by atoms with Gasteiger partial charge in [0.05, 0.1) is 0 Å². The van der Waals surface area contributed by atoms with E-state index >= 15 is 0 Å². The number of halogens is 1. The van der Waals surface area contributed by atoms with Crippen molar-refractivity contribution >= 4 is 11.6 Å². The van der Waals surface area contributed by atoms with Crippen LogP contribution in [0.2, 0.25) is 0 Å². The lowest BCUT2D eigenvalue weighted by Gasteiger charge is -2.17. The van der Waals surface area contributed by atoms with Crippen LogP contribution in [0.25, 0.3) is 0 Å². The van der Waals surface area contributed by atoms with Gasteiger partial charge in [-0.05, 0) is 37.8 Å². The van der Waals surface area contributed by atoms with Gasteiger partial charge in [0.15, 0.2) is 0 Å². The van der Waals surface area contributed by atoms with E-state index in [1.165, 1.54) is 25.0 Å². The number of benzene rings is 1. The lowest BCUT2D eigenvalue weighted by Crippen LogP contribution is -2.34. The first-order valence-electron chi connectivity index (χ1n) is 6.87. The fraction of sp³-hybridized carbons (Fsp3) is 0.533. The number of hydrogen-bond donors (Lipinski definition) is 2. The Balaban J connectivity index is 2.05. The van der Waals surface area contributed by atoms with Crippen LogP contribution in [0.5, 0.6) is 0 Å². The van der Waals surface area contributed by atoms with Gasteiger partial charge in [0, 0.05) is 22.9 Å². The van der Waals surface area contributed by atoms with Crippen LogP contribution in [0, 0.1) is 18.7 Å². The SMILES string of the molecule is CCC(CC1CC1)NC(=O)c1cc(N)c(C)c(F)c1. The molecule has 0 aromatic heterocycles. The minimum Gasteiger partial charge on any atom is -0.398 e. The first-order valence-corrected chi connectivity index (χ1v) is 6.87. The van der Waals surface area contributed by atoms with E-state index in [2.05, 4.69) is 12.2 Å². The van der Waals surface area contributed by atoms with Crippen molar-refractivity contribution in [1.29, 1.82) is 0 Å². The molecule has 1 saturated carbocycles. The van der Waals surface area contributed by atoms with Crippen molar-refractivity contribution in [3.63, 3.8) is 0 Å². The summed E-state index contributed by atoms with van der Waals surface area (Å²) in [6.45, 7) is 3.66. The average molecular weight is 264 g/mol. The molecule has 1 aromatic carbocycles. The Morgan fingerprint density at radius 1 is 1.53 bits per heavy atom. The summed E-state index contributed by atoms with van der Waals surface area (Å²) in [5.74, 6) is 0.0866. The molecule has 1 amide bonds. The molecule has 1 aliphatic carbocycles. The number of carbonyl (C=O) groups excluding carboxylic acids is 1. The van der Waals surface area contributed by atoms with E-state index in [1.54, 1.807) is 6.92 Å². The number of hydrogen-bond acceptors (Lipinski definition) is 2. The quantitative estimate of drug-likeness (QED) is 0.803. The third-order valence-electron chi connectivity index (χ3n) is 3.79. The summed E-state index contributed by atoms with van der Waals surface area (Å²) < 4.78 is 13.6. The summed E-state index contributed by atoms with van der Waals surface area (Å²) >= 11 is 0. The molecule has 0 aliphatic heterocycles. The van der Waals surface area contributed by atoms with Gasteiger partial charge in [-0.15, -0.1) is 0 Å². The van der Waals surface area contributed by atoms with Crippen molar-refractivity contribution in [2.75, 3.05) is 5.73 Å². The zero-order valence-corrected chi connectivity index (χ0v) is 11.5. The first kappa shape index (κ1) is 13.8. The van der Waals surface area contributed by atoms with E-state index in [1.807, 2.05) is 0 Å². The molecule has 1 aromatic rings. The molecule has 0 saturated heterocycles. The summed E-state index contributed by atoms with van der Waals surface area (Å²) in [5.41, 5.74) is 6.70. The van der Waals surface area contributed by atoms with Gasteiger partial charge in [0.25, 0.3) is 5.91 Å². The van der Waals surface area contributed by atoms with E-state index in [4.69, 9.17) is 5.73 Å². The first-order chi connectivity index (χ1) is 9.01. The highest BCUT2D eigenvalue weighted by Crippen LogP contribution is 2.34.